The lowest BCUT2D eigenvalue weighted by molar-refractivity contribution is -0.130. The molecule has 0 aromatic heterocycles. The average Bonchev–Trinajstić information content (AvgIpc) is 3.00. The summed E-state index contributed by atoms with van der Waals surface area (Å²) in [7, 11) is 3.15. The first-order chi connectivity index (χ1) is 12.6. The number of hydrogen-bond acceptors (Lipinski definition) is 5. The van der Waals surface area contributed by atoms with Gasteiger partial charge in [-0.15, -0.1) is 0 Å². The third-order valence-corrected chi connectivity index (χ3v) is 4.19. The highest BCUT2D eigenvalue weighted by Gasteiger charge is 2.23. The van der Waals surface area contributed by atoms with E-state index in [0.29, 0.717) is 40.8 Å². The van der Waals surface area contributed by atoms with E-state index >= 15 is 0 Å². The fourth-order valence-electron chi connectivity index (χ4n) is 2.56. The predicted molar refractivity (Wildman–Crippen MR) is 101 cm³/mol. The van der Waals surface area contributed by atoms with Gasteiger partial charge in [-0.1, -0.05) is 23.7 Å². The standard InChI is InChI=1S/C20H18ClNO4/c1-24-16-8-9-18(25-2)14(11-16)12-17-20(23)26-19(22-17)10-5-13-3-6-15(21)7-4-13/h3-4,6-9,11-12H,5,10H2,1-2H3/b17-12-. The van der Waals surface area contributed by atoms with Gasteiger partial charge in [0, 0.05) is 17.0 Å². The lowest BCUT2D eigenvalue weighted by Crippen LogP contribution is -2.05. The van der Waals surface area contributed by atoms with Crippen LogP contribution in [-0.2, 0) is 16.0 Å². The Bertz CT molecular complexity index is 872. The zero-order valence-corrected chi connectivity index (χ0v) is 15.2. The van der Waals surface area contributed by atoms with E-state index in [9.17, 15) is 4.79 Å². The molecule has 2 aromatic rings. The van der Waals surface area contributed by atoms with Crippen molar-refractivity contribution >= 4 is 29.5 Å². The van der Waals surface area contributed by atoms with Crippen LogP contribution in [-0.4, -0.2) is 26.1 Å². The molecule has 1 aliphatic heterocycles. The van der Waals surface area contributed by atoms with Gasteiger partial charge in [0.05, 0.1) is 14.2 Å². The molecular weight excluding hydrogens is 354 g/mol. The summed E-state index contributed by atoms with van der Waals surface area (Å²) in [5, 5.41) is 0.691. The van der Waals surface area contributed by atoms with Crippen molar-refractivity contribution in [1.29, 1.82) is 0 Å². The number of carbonyl (C=O) groups excluding carboxylic acids is 1. The molecule has 1 heterocycles. The predicted octanol–water partition coefficient (Wildman–Crippen LogP) is 4.29. The zero-order chi connectivity index (χ0) is 18.5. The Balaban J connectivity index is 1.77. The van der Waals surface area contributed by atoms with Crippen LogP contribution in [0.5, 0.6) is 11.5 Å². The van der Waals surface area contributed by atoms with Crippen LogP contribution in [0.4, 0.5) is 0 Å². The summed E-state index contributed by atoms with van der Waals surface area (Å²) >= 11 is 5.88. The quantitative estimate of drug-likeness (QED) is 0.561. The van der Waals surface area contributed by atoms with E-state index in [1.54, 1.807) is 38.5 Å². The maximum absolute atomic E-state index is 12.1. The topological polar surface area (TPSA) is 57.1 Å². The lowest BCUT2D eigenvalue weighted by atomic mass is 10.1. The monoisotopic (exact) mass is 371 g/mol. The molecule has 0 aliphatic carbocycles. The van der Waals surface area contributed by atoms with Crippen molar-refractivity contribution in [1.82, 2.24) is 0 Å². The average molecular weight is 372 g/mol. The second kappa shape index (κ2) is 8.06. The zero-order valence-electron chi connectivity index (χ0n) is 14.5. The van der Waals surface area contributed by atoms with Gasteiger partial charge in [-0.05, 0) is 48.4 Å². The van der Waals surface area contributed by atoms with Crippen molar-refractivity contribution < 1.29 is 19.0 Å². The largest absolute Gasteiger partial charge is 0.497 e. The molecule has 0 fully saturated rings. The number of ether oxygens (including phenoxy) is 3. The lowest BCUT2D eigenvalue weighted by Gasteiger charge is -2.07. The van der Waals surface area contributed by atoms with E-state index in [4.69, 9.17) is 25.8 Å². The maximum Gasteiger partial charge on any atom is 0.363 e. The number of cyclic esters (lactones) is 1. The highest BCUT2D eigenvalue weighted by atomic mass is 35.5. The molecule has 0 saturated carbocycles. The molecular formula is C20H18ClNO4. The van der Waals surface area contributed by atoms with Crippen molar-refractivity contribution in [3.63, 3.8) is 0 Å². The van der Waals surface area contributed by atoms with Crippen LogP contribution in [0.15, 0.2) is 53.2 Å². The summed E-state index contributed by atoms with van der Waals surface area (Å²) in [5.41, 5.74) is 2.03. The fraction of sp³-hybridized carbons (Fsp3) is 0.200. The molecule has 1 aliphatic rings. The molecule has 3 rings (SSSR count). The van der Waals surface area contributed by atoms with E-state index in [-0.39, 0.29) is 5.70 Å². The van der Waals surface area contributed by atoms with Gasteiger partial charge in [-0.2, -0.15) is 0 Å². The van der Waals surface area contributed by atoms with Crippen molar-refractivity contribution in [2.24, 2.45) is 4.99 Å². The summed E-state index contributed by atoms with van der Waals surface area (Å²) in [6.45, 7) is 0. The van der Waals surface area contributed by atoms with Crippen LogP contribution in [0.2, 0.25) is 5.02 Å². The molecule has 134 valence electrons. The normalized spacial score (nSPS) is 15.0. The van der Waals surface area contributed by atoms with Gasteiger partial charge in [-0.25, -0.2) is 9.79 Å². The van der Waals surface area contributed by atoms with Crippen LogP contribution in [0, 0.1) is 0 Å². The van der Waals surface area contributed by atoms with Gasteiger partial charge in [0.25, 0.3) is 0 Å². The van der Waals surface area contributed by atoms with E-state index < -0.39 is 5.97 Å². The van der Waals surface area contributed by atoms with Crippen LogP contribution < -0.4 is 9.47 Å². The molecule has 0 atom stereocenters. The Morgan fingerprint density at radius 2 is 1.85 bits per heavy atom. The smallest absolute Gasteiger partial charge is 0.363 e. The van der Waals surface area contributed by atoms with Crippen molar-refractivity contribution in [3.8, 4) is 11.5 Å². The van der Waals surface area contributed by atoms with Gasteiger partial charge >= 0.3 is 5.97 Å². The summed E-state index contributed by atoms with van der Waals surface area (Å²) in [6.07, 6.45) is 2.87. The van der Waals surface area contributed by atoms with Crippen LogP contribution in [0.1, 0.15) is 17.5 Å². The molecule has 0 radical (unpaired) electrons. The number of aliphatic imine (C=N–C) groups is 1. The molecule has 6 heteroatoms. The van der Waals surface area contributed by atoms with Crippen LogP contribution in [0.3, 0.4) is 0 Å². The SMILES string of the molecule is COc1ccc(OC)c(/C=C2\N=C(CCc3ccc(Cl)cc3)OC2=O)c1. The highest BCUT2D eigenvalue weighted by molar-refractivity contribution is 6.30. The van der Waals surface area contributed by atoms with E-state index in [1.807, 2.05) is 24.3 Å². The van der Waals surface area contributed by atoms with E-state index in [0.717, 1.165) is 5.56 Å². The number of hydrogen-bond donors (Lipinski definition) is 0. The number of benzene rings is 2. The molecule has 5 nitrogen and oxygen atoms in total. The first kappa shape index (κ1) is 18.0. The van der Waals surface area contributed by atoms with Gasteiger partial charge in [0.1, 0.15) is 11.5 Å². The summed E-state index contributed by atoms with van der Waals surface area (Å²) in [4.78, 5) is 16.4. The molecule has 26 heavy (non-hydrogen) atoms. The molecule has 0 spiro atoms. The van der Waals surface area contributed by atoms with Crippen molar-refractivity contribution in [2.45, 2.75) is 12.8 Å². The number of methoxy groups -OCH3 is 2. The fourth-order valence-corrected chi connectivity index (χ4v) is 2.69. The Labute approximate surface area is 156 Å². The molecule has 2 aromatic carbocycles. The number of esters is 1. The maximum atomic E-state index is 12.1. The van der Waals surface area contributed by atoms with Gasteiger partial charge < -0.3 is 14.2 Å². The third-order valence-electron chi connectivity index (χ3n) is 3.93. The molecule has 0 amide bonds. The minimum absolute atomic E-state index is 0.239. The second-order valence-electron chi connectivity index (χ2n) is 5.66. The van der Waals surface area contributed by atoms with Gasteiger partial charge in [0.2, 0.25) is 0 Å². The highest BCUT2D eigenvalue weighted by Crippen LogP contribution is 2.28. The Morgan fingerprint density at radius 1 is 1.08 bits per heavy atom. The number of aryl methyl sites for hydroxylation is 1. The number of halogens is 1. The van der Waals surface area contributed by atoms with E-state index in [2.05, 4.69) is 4.99 Å². The van der Waals surface area contributed by atoms with Crippen molar-refractivity contribution in [2.75, 3.05) is 14.2 Å². The van der Waals surface area contributed by atoms with Crippen LogP contribution >= 0.6 is 11.6 Å². The van der Waals surface area contributed by atoms with Gasteiger partial charge in [-0.3, -0.25) is 0 Å². The molecule has 0 bridgehead atoms. The first-order valence-corrected chi connectivity index (χ1v) is 8.45. The van der Waals surface area contributed by atoms with E-state index in [1.165, 1.54) is 0 Å². The molecule has 0 unspecified atom stereocenters. The first-order valence-electron chi connectivity index (χ1n) is 8.07. The summed E-state index contributed by atoms with van der Waals surface area (Å²) in [6, 6.07) is 12.9. The third kappa shape index (κ3) is 4.24. The summed E-state index contributed by atoms with van der Waals surface area (Å²) < 4.78 is 15.8. The van der Waals surface area contributed by atoms with Crippen LogP contribution in [0.25, 0.3) is 6.08 Å². The minimum Gasteiger partial charge on any atom is -0.497 e. The number of nitrogens with zero attached hydrogens (tertiary/aromatic N) is 1. The van der Waals surface area contributed by atoms with Crippen molar-refractivity contribution in [3.05, 3.63) is 64.3 Å². The Morgan fingerprint density at radius 3 is 2.54 bits per heavy atom. The number of rotatable bonds is 6. The number of carbonyl (C=O) groups is 1. The minimum atomic E-state index is -0.471. The molecule has 0 N–H and O–H groups in total. The second-order valence-corrected chi connectivity index (χ2v) is 6.10. The Hall–Kier alpha value is -2.79. The Kier molecular flexibility index (Phi) is 5.58. The molecule has 0 saturated heterocycles. The van der Waals surface area contributed by atoms with Gasteiger partial charge in [0.15, 0.2) is 11.6 Å². The summed E-state index contributed by atoms with van der Waals surface area (Å²) in [5.74, 6) is 1.21.